The third-order valence-electron chi connectivity index (χ3n) is 4.16. The molecule has 0 fully saturated rings. The summed E-state index contributed by atoms with van der Waals surface area (Å²) >= 11 is 1.55. The summed E-state index contributed by atoms with van der Waals surface area (Å²) in [5.41, 5.74) is 1.52. The van der Waals surface area contributed by atoms with Crippen LogP contribution in [0.5, 0.6) is 0 Å². The van der Waals surface area contributed by atoms with Crippen LogP contribution in [0, 0.1) is 6.92 Å². The van der Waals surface area contributed by atoms with Gasteiger partial charge in [0.15, 0.2) is 12.3 Å². The number of hydrogen-bond acceptors (Lipinski definition) is 8. The predicted molar refractivity (Wildman–Crippen MR) is 101 cm³/mol. The number of furan rings is 1. The van der Waals surface area contributed by atoms with Gasteiger partial charge in [-0.05, 0) is 30.5 Å². The van der Waals surface area contributed by atoms with Gasteiger partial charge in [-0.15, -0.1) is 11.3 Å². The molecule has 0 aromatic carbocycles. The summed E-state index contributed by atoms with van der Waals surface area (Å²) in [6, 6.07) is 7.06. The first-order chi connectivity index (χ1) is 13.6. The molecule has 0 aliphatic carbocycles. The number of aryl methyl sites for hydroxylation is 1. The Hall–Kier alpha value is -3.33. The van der Waals surface area contributed by atoms with Crippen molar-refractivity contribution < 1.29 is 18.7 Å². The van der Waals surface area contributed by atoms with Crippen LogP contribution >= 0.6 is 11.3 Å². The highest BCUT2D eigenvalue weighted by atomic mass is 32.1. The van der Waals surface area contributed by atoms with Gasteiger partial charge in [0.1, 0.15) is 11.8 Å². The molecule has 8 nitrogen and oxygen atoms in total. The number of ether oxygens (including phenoxy) is 1. The number of esters is 1. The molecule has 142 valence electrons. The van der Waals surface area contributed by atoms with E-state index in [9.17, 15) is 9.59 Å². The van der Waals surface area contributed by atoms with Crippen LogP contribution in [0.4, 0.5) is 0 Å². The maximum absolute atomic E-state index is 12.7. The Balaban J connectivity index is 1.48. The second-order valence-electron chi connectivity index (χ2n) is 6.12. The molecule has 0 saturated carbocycles. The molecule has 3 aromatic rings. The highest BCUT2D eigenvalue weighted by Crippen LogP contribution is 2.34. The van der Waals surface area contributed by atoms with E-state index >= 15 is 0 Å². The molecule has 1 aliphatic heterocycles. The van der Waals surface area contributed by atoms with Gasteiger partial charge < -0.3 is 9.15 Å². The molecule has 1 amide bonds. The van der Waals surface area contributed by atoms with Crippen molar-refractivity contribution in [2.45, 2.75) is 19.4 Å². The van der Waals surface area contributed by atoms with Crippen molar-refractivity contribution in [2.75, 3.05) is 6.61 Å². The Labute approximate surface area is 164 Å². The third kappa shape index (κ3) is 3.70. The lowest BCUT2D eigenvalue weighted by atomic mass is 10.1. The lowest BCUT2D eigenvalue weighted by Gasteiger charge is -2.19. The van der Waals surface area contributed by atoms with Crippen LogP contribution in [0.1, 0.15) is 39.3 Å². The topological polar surface area (TPSA) is 97.9 Å². The average molecular weight is 396 g/mol. The number of nitrogens with zero attached hydrogens (tertiary/aromatic N) is 4. The molecule has 9 heteroatoms. The quantitative estimate of drug-likeness (QED) is 0.615. The molecule has 4 rings (SSSR count). The van der Waals surface area contributed by atoms with Crippen molar-refractivity contribution in [1.82, 2.24) is 15.0 Å². The molecule has 0 spiro atoms. The highest BCUT2D eigenvalue weighted by molar-refractivity contribution is 7.12. The number of hydrogen-bond donors (Lipinski definition) is 0. The van der Waals surface area contributed by atoms with E-state index in [4.69, 9.17) is 9.15 Å². The molecule has 0 saturated heterocycles. The number of aromatic nitrogens is 2. The molecule has 4 heterocycles. The SMILES string of the molecule is Cc1cnc(C(=O)OCC(=O)N2N=C(c3cccs3)CC2c2ccco2)cn1. The van der Waals surface area contributed by atoms with Gasteiger partial charge in [-0.2, -0.15) is 5.10 Å². The summed E-state index contributed by atoms with van der Waals surface area (Å²) in [7, 11) is 0. The van der Waals surface area contributed by atoms with E-state index in [1.807, 2.05) is 17.5 Å². The van der Waals surface area contributed by atoms with E-state index in [1.165, 1.54) is 17.4 Å². The van der Waals surface area contributed by atoms with Gasteiger partial charge in [-0.25, -0.2) is 14.8 Å². The molecule has 1 atom stereocenters. The Morgan fingerprint density at radius 1 is 1.29 bits per heavy atom. The Kier molecular flexibility index (Phi) is 4.98. The largest absolute Gasteiger partial charge is 0.467 e. The maximum atomic E-state index is 12.7. The molecule has 0 N–H and O–H groups in total. The van der Waals surface area contributed by atoms with Crippen LogP contribution in [0.25, 0.3) is 0 Å². The number of rotatable bonds is 5. The molecule has 0 bridgehead atoms. The van der Waals surface area contributed by atoms with Crippen LogP contribution in [-0.2, 0) is 9.53 Å². The molecular formula is C19H16N4O4S. The Bertz CT molecular complexity index is 997. The summed E-state index contributed by atoms with van der Waals surface area (Å²) in [4.78, 5) is 33.7. The molecule has 1 aliphatic rings. The summed E-state index contributed by atoms with van der Waals surface area (Å²) in [6.07, 6.45) is 4.86. The average Bonchev–Trinajstić information content (AvgIpc) is 3.46. The summed E-state index contributed by atoms with van der Waals surface area (Å²) in [6.45, 7) is 1.31. The van der Waals surface area contributed by atoms with E-state index in [0.29, 0.717) is 17.9 Å². The first kappa shape index (κ1) is 18.1. The van der Waals surface area contributed by atoms with Crippen molar-refractivity contribution >= 4 is 28.9 Å². The standard InChI is InChI=1S/C19H16N4O4S/c1-12-9-21-14(10-20-12)19(25)27-11-18(24)23-15(16-4-2-6-26-16)8-13(22-23)17-5-3-7-28-17/h2-7,9-10,15H,8,11H2,1H3. The van der Waals surface area contributed by atoms with Crippen LogP contribution in [0.3, 0.4) is 0 Å². The van der Waals surface area contributed by atoms with Crippen LogP contribution in [-0.4, -0.2) is 39.2 Å². The zero-order valence-electron chi connectivity index (χ0n) is 14.9. The minimum atomic E-state index is -0.711. The normalized spacial score (nSPS) is 16.1. The van der Waals surface area contributed by atoms with Crippen molar-refractivity contribution in [1.29, 1.82) is 0 Å². The van der Waals surface area contributed by atoms with Gasteiger partial charge in [0.25, 0.3) is 5.91 Å². The van der Waals surface area contributed by atoms with Crippen LogP contribution < -0.4 is 0 Å². The van der Waals surface area contributed by atoms with E-state index < -0.39 is 18.5 Å². The van der Waals surface area contributed by atoms with Gasteiger partial charge in [0.2, 0.25) is 0 Å². The van der Waals surface area contributed by atoms with Crippen molar-refractivity contribution in [3.63, 3.8) is 0 Å². The molecule has 28 heavy (non-hydrogen) atoms. The fourth-order valence-corrected chi connectivity index (χ4v) is 3.52. The van der Waals surface area contributed by atoms with E-state index in [-0.39, 0.29) is 11.7 Å². The van der Waals surface area contributed by atoms with Crippen molar-refractivity contribution in [2.24, 2.45) is 5.10 Å². The van der Waals surface area contributed by atoms with Gasteiger partial charge in [-0.1, -0.05) is 6.07 Å². The summed E-state index contributed by atoms with van der Waals surface area (Å²) < 4.78 is 10.6. The molecule has 1 unspecified atom stereocenters. The minimum Gasteiger partial charge on any atom is -0.467 e. The van der Waals surface area contributed by atoms with E-state index in [1.54, 1.807) is 36.7 Å². The monoisotopic (exact) mass is 396 g/mol. The fraction of sp³-hybridized carbons (Fsp3) is 0.211. The highest BCUT2D eigenvalue weighted by Gasteiger charge is 2.35. The lowest BCUT2D eigenvalue weighted by molar-refractivity contribution is -0.136. The minimum absolute atomic E-state index is 0.0465. The maximum Gasteiger partial charge on any atom is 0.359 e. The second-order valence-corrected chi connectivity index (χ2v) is 7.06. The van der Waals surface area contributed by atoms with E-state index in [0.717, 1.165) is 10.6 Å². The first-order valence-electron chi connectivity index (χ1n) is 8.54. The van der Waals surface area contributed by atoms with Crippen molar-refractivity contribution in [3.8, 4) is 0 Å². The molecule has 0 radical (unpaired) electrons. The summed E-state index contributed by atoms with van der Waals surface area (Å²) in [5, 5.41) is 7.74. The number of carbonyl (C=O) groups excluding carboxylic acids is 2. The third-order valence-corrected chi connectivity index (χ3v) is 5.08. The Morgan fingerprint density at radius 2 is 2.18 bits per heavy atom. The number of hydrazone groups is 1. The van der Waals surface area contributed by atoms with E-state index in [2.05, 4.69) is 15.1 Å². The van der Waals surface area contributed by atoms with Gasteiger partial charge in [-0.3, -0.25) is 9.78 Å². The smallest absolute Gasteiger partial charge is 0.359 e. The number of thiophene rings is 1. The Morgan fingerprint density at radius 3 is 2.86 bits per heavy atom. The zero-order valence-corrected chi connectivity index (χ0v) is 15.8. The van der Waals surface area contributed by atoms with Crippen LogP contribution in [0.2, 0.25) is 0 Å². The van der Waals surface area contributed by atoms with Gasteiger partial charge in [0.05, 0.1) is 28.7 Å². The summed E-state index contributed by atoms with van der Waals surface area (Å²) in [5.74, 6) is -0.530. The van der Waals surface area contributed by atoms with Crippen LogP contribution in [0.15, 0.2) is 57.8 Å². The number of amides is 1. The lowest BCUT2D eigenvalue weighted by Crippen LogP contribution is -2.31. The van der Waals surface area contributed by atoms with Gasteiger partial charge in [0, 0.05) is 12.6 Å². The second kappa shape index (κ2) is 7.73. The fourth-order valence-electron chi connectivity index (χ4n) is 2.80. The predicted octanol–water partition coefficient (Wildman–Crippen LogP) is 2.97. The van der Waals surface area contributed by atoms with Gasteiger partial charge >= 0.3 is 5.97 Å². The first-order valence-corrected chi connectivity index (χ1v) is 9.42. The molecular weight excluding hydrogens is 380 g/mol. The molecule has 3 aromatic heterocycles. The number of carbonyl (C=O) groups is 2. The zero-order chi connectivity index (χ0) is 19.5. The van der Waals surface area contributed by atoms with Crippen molar-refractivity contribution in [3.05, 3.63) is 70.3 Å².